The van der Waals surface area contributed by atoms with Gasteiger partial charge in [-0.1, -0.05) is 159 Å². The number of fused-ring (bicyclic) bond motifs is 6. The second kappa shape index (κ2) is 15.4. The third-order valence-electron chi connectivity index (χ3n) is 11.8. The van der Waals surface area contributed by atoms with E-state index in [1.807, 2.05) is 42.6 Å². The Kier molecular flexibility index (Phi) is 9.73. The molecule has 0 bridgehead atoms. The number of aromatic nitrogens is 3. The molecule has 0 saturated carbocycles. The Hall–Kier alpha value is -7.07. The minimum Gasteiger partial charge on any atom is -0.507 e. The Morgan fingerprint density at radius 3 is 2.10 bits per heavy atom. The number of rotatable bonds is 6. The molecule has 0 unspecified atom stereocenters. The van der Waals surface area contributed by atoms with Crippen LogP contribution in [0.1, 0.15) is 26.3 Å². The maximum atomic E-state index is 11.4. The molecule has 0 aliphatic rings. The maximum absolute atomic E-state index is 11.4. The van der Waals surface area contributed by atoms with Crippen molar-refractivity contribution < 1.29 is 30.6 Å². The van der Waals surface area contributed by atoms with Crippen molar-refractivity contribution in [3.63, 3.8) is 0 Å². The summed E-state index contributed by atoms with van der Waals surface area (Å²) in [6, 6.07) is 64.2. The molecule has 11 rings (SSSR count). The topological polar surface area (TPSA) is 64.1 Å². The zero-order valence-corrected chi connectivity index (χ0v) is 36.6. The third kappa shape index (κ3) is 6.61. The standard InChI is InChI=1S/C56H40N3O2.Pt/c1-56(2,3)41-26-27-47(46(34-41)36-17-8-5-9-18-36)59-48-23-14-22-43(53(48)58-55(59)44-21-12-13-24-49(44)60)39-31-38(35-15-6-4-7-16-35)32-40(33-39)52-54-45(29-30-57-52)51-42-20-11-10-19-37(42)25-28-50(51)61-54;/h4-32,34,60H,1-3H3;/q-1;. The van der Waals surface area contributed by atoms with Crippen molar-refractivity contribution >= 4 is 43.7 Å². The number of furan rings is 1. The molecule has 6 heteroatoms. The van der Waals surface area contributed by atoms with Gasteiger partial charge >= 0.3 is 0 Å². The van der Waals surface area contributed by atoms with E-state index in [1.54, 1.807) is 6.07 Å². The van der Waals surface area contributed by atoms with Crippen LogP contribution >= 0.6 is 0 Å². The van der Waals surface area contributed by atoms with Gasteiger partial charge in [0, 0.05) is 49.3 Å². The monoisotopic (exact) mass is 981 g/mol. The van der Waals surface area contributed by atoms with Crippen molar-refractivity contribution in [2.45, 2.75) is 26.2 Å². The first-order chi connectivity index (χ1) is 29.8. The fourth-order valence-corrected chi connectivity index (χ4v) is 8.75. The SMILES string of the molecule is CC(C)(C)c1ccc(-n2c(-c3ccccc3O)nc3c(-c4[c-]c(-c5nccc6c5oc5ccc7ccccc7c56)cc(-c5ccccc5)c4)cccc32)c(-c2ccccc2)c1.[Pt]. The molecule has 0 radical (unpaired) electrons. The molecule has 8 aromatic carbocycles. The third-order valence-corrected chi connectivity index (χ3v) is 11.8. The van der Waals surface area contributed by atoms with Crippen molar-refractivity contribution in [2.75, 3.05) is 0 Å². The fraction of sp³-hybridized carbons (Fsp3) is 0.0714. The van der Waals surface area contributed by atoms with Crippen molar-refractivity contribution in [3.05, 3.63) is 194 Å². The average molecular weight is 982 g/mol. The summed E-state index contributed by atoms with van der Waals surface area (Å²) in [5.41, 5.74) is 13.6. The first-order valence-corrected chi connectivity index (χ1v) is 20.6. The van der Waals surface area contributed by atoms with Gasteiger partial charge in [-0.3, -0.25) is 9.55 Å². The number of nitrogens with zero attached hydrogens (tertiary/aromatic N) is 3. The van der Waals surface area contributed by atoms with Crippen LogP contribution in [0.15, 0.2) is 187 Å². The van der Waals surface area contributed by atoms with Gasteiger partial charge < -0.3 is 9.52 Å². The normalized spacial score (nSPS) is 11.7. The molecule has 11 aromatic rings. The van der Waals surface area contributed by atoms with Gasteiger partial charge in [0.2, 0.25) is 0 Å². The van der Waals surface area contributed by atoms with Crippen molar-refractivity contribution in [1.29, 1.82) is 0 Å². The molecule has 0 aliphatic carbocycles. The smallest absolute Gasteiger partial charge is 0.148 e. The summed E-state index contributed by atoms with van der Waals surface area (Å²) >= 11 is 0. The maximum Gasteiger partial charge on any atom is 0.148 e. The Balaban J connectivity index is 0.00000458. The van der Waals surface area contributed by atoms with Gasteiger partial charge in [0.15, 0.2) is 0 Å². The van der Waals surface area contributed by atoms with Crippen LogP contribution in [0.2, 0.25) is 0 Å². The van der Waals surface area contributed by atoms with Gasteiger partial charge in [0.05, 0.1) is 22.3 Å². The Bertz CT molecular complexity index is 3470. The number of para-hydroxylation sites is 2. The van der Waals surface area contributed by atoms with E-state index in [1.165, 1.54) is 5.56 Å². The van der Waals surface area contributed by atoms with E-state index < -0.39 is 0 Å². The molecular weight excluding hydrogens is 942 g/mol. The van der Waals surface area contributed by atoms with Crippen LogP contribution in [0.25, 0.3) is 105 Å². The van der Waals surface area contributed by atoms with E-state index in [4.69, 9.17) is 14.4 Å². The molecule has 0 amide bonds. The summed E-state index contributed by atoms with van der Waals surface area (Å²) in [6.07, 6.45) is 1.87. The van der Waals surface area contributed by atoms with Crippen LogP contribution in [0.3, 0.4) is 0 Å². The van der Waals surface area contributed by atoms with E-state index in [0.717, 1.165) is 94.1 Å². The van der Waals surface area contributed by atoms with E-state index >= 15 is 0 Å². The second-order valence-electron chi connectivity index (χ2n) is 16.7. The molecule has 302 valence electrons. The van der Waals surface area contributed by atoms with Crippen LogP contribution in [0, 0.1) is 6.07 Å². The summed E-state index contributed by atoms with van der Waals surface area (Å²) in [5, 5.41) is 15.8. The predicted octanol–water partition coefficient (Wildman–Crippen LogP) is 14.6. The minimum atomic E-state index is -0.0700. The van der Waals surface area contributed by atoms with Crippen LogP contribution < -0.4 is 0 Å². The largest absolute Gasteiger partial charge is 0.507 e. The molecule has 0 saturated heterocycles. The summed E-state index contributed by atoms with van der Waals surface area (Å²) in [4.78, 5) is 10.4. The second-order valence-corrected chi connectivity index (χ2v) is 16.7. The first kappa shape index (κ1) is 39.1. The molecule has 0 atom stereocenters. The average Bonchev–Trinajstić information content (AvgIpc) is 3.88. The minimum absolute atomic E-state index is 0. The molecule has 1 N–H and O–H groups in total. The van der Waals surface area contributed by atoms with Crippen molar-refractivity contribution in [3.8, 4) is 67.5 Å². The van der Waals surface area contributed by atoms with Gasteiger partial charge in [0.25, 0.3) is 0 Å². The van der Waals surface area contributed by atoms with E-state index in [-0.39, 0.29) is 32.2 Å². The summed E-state index contributed by atoms with van der Waals surface area (Å²) < 4.78 is 8.89. The van der Waals surface area contributed by atoms with Gasteiger partial charge in [-0.15, -0.1) is 23.8 Å². The van der Waals surface area contributed by atoms with E-state index in [9.17, 15) is 5.11 Å². The number of benzene rings is 8. The quantitative estimate of drug-likeness (QED) is 0.169. The number of hydrogen-bond acceptors (Lipinski definition) is 4. The first-order valence-electron chi connectivity index (χ1n) is 20.6. The van der Waals surface area contributed by atoms with Crippen molar-refractivity contribution in [2.24, 2.45) is 0 Å². The predicted molar refractivity (Wildman–Crippen MR) is 250 cm³/mol. The summed E-state index contributed by atoms with van der Waals surface area (Å²) in [6.45, 7) is 6.72. The molecule has 62 heavy (non-hydrogen) atoms. The Morgan fingerprint density at radius 1 is 0.597 bits per heavy atom. The molecule has 0 aliphatic heterocycles. The molecule has 3 heterocycles. The van der Waals surface area contributed by atoms with Crippen molar-refractivity contribution in [1.82, 2.24) is 14.5 Å². The number of phenolic OH excluding ortho intramolecular Hbond substituents is 1. The van der Waals surface area contributed by atoms with E-state index in [0.29, 0.717) is 11.4 Å². The van der Waals surface area contributed by atoms with Crippen LogP contribution in [-0.4, -0.2) is 19.6 Å². The number of hydrogen-bond donors (Lipinski definition) is 1. The van der Waals surface area contributed by atoms with Gasteiger partial charge in [0.1, 0.15) is 22.7 Å². The number of imidazole rings is 1. The zero-order chi connectivity index (χ0) is 41.2. The number of pyridine rings is 1. The molecular formula is C56H40N3O2Pt-. The van der Waals surface area contributed by atoms with Crippen LogP contribution in [-0.2, 0) is 26.5 Å². The molecule has 5 nitrogen and oxygen atoms in total. The Morgan fingerprint density at radius 2 is 1.31 bits per heavy atom. The van der Waals surface area contributed by atoms with Crippen LogP contribution in [0.4, 0.5) is 0 Å². The molecule has 0 fully saturated rings. The van der Waals surface area contributed by atoms with Crippen LogP contribution in [0.5, 0.6) is 5.75 Å². The summed E-state index contributed by atoms with van der Waals surface area (Å²) in [7, 11) is 0. The number of phenols is 1. The molecule has 3 aromatic heterocycles. The zero-order valence-electron chi connectivity index (χ0n) is 34.3. The van der Waals surface area contributed by atoms with Gasteiger partial charge in [-0.25, -0.2) is 4.98 Å². The number of aromatic hydroxyl groups is 1. The van der Waals surface area contributed by atoms with Gasteiger partial charge in [-0.2, -0.15) is 0 Å². The molecule has 0 spiro atoms. The van der Waals surface area contributed by atoms with Gasteiger partial charge in [-0.05, 0) is 75.3 Å². The Labute approximate surface area is 374 Å². The summed E-state index contributed by atoms with van der Waals surface area (Å²) in [5.74, 6) is 0.799. The fourth-order valence-electron chi connectivity index (χ4n) is 8.75. The van der Waals surface area contributed by atoms with E-state index in [2.05, 4.69) is 165 Å².